The van der Waals surface area contributed by atoms with Crippen molar-refractivity contribution in [2.45, 2.75) is 32.0 Å². The van der Waals surface area contributed by atoms with Crippen LogP contribution in [0.25, 0.3) is 0 Å². The van der Waals surface area contributed by atoms with E-state index in [4.69, 9.17) is 0 Å². The van der Waals surface area contributed by atoms with Gasteiger partial charge in [-0.05, 0) is 36.2 Å². The molecule has 1 aliphatic rings. The molecule has 2 amide bonds. The zero-order valence-corrected chi connectivity index (χ0v) is 20.0. The van der Waals surface area contributed by atoms with Gasteiger partial charge in [-0.2, -0.15) is 4.31 Å². The summed E-state index contributed by atoms with van der Waals surface area (Å²) in [6.45, 7) is 1.10. The van der Waals surface area contributed by atoms with Crippen molar-refractivity contribution in [3.05, 3.63) is 71.0 Å². The van der Waals surface area contributed by atoms with E-state index in [2.05, 4.69) is 5.32 Å². The molecule has 2 aromatic rings. The Labute approximate surface area is 205 Å². The van der Waals surface area contributed by atoms with Gasteiger partial charge in [0.25, 0.3) is 11.8 Å². The van der Waals surface area contributed by atoms with E-state index in [1.807, 2.05) is 0 Å². The average molecular weight is 528 g/mol. The molecular formula is C23H24F3N3O6S. The van der Waals surface area contributed by atoms with Crippen molar-refractivity contribution in [2.24, 2.45) is 0 Å². The van der Waals surface area contributed by atoms with Crippen LogP contribution in [0.4, 0.5) is 13.2 Å². The molecule has 1 aliphatic heterocycles. The number of amides is 2. The number of carboxylic acid groups (broad SMARTS) is 1. The van der Waals surface area contributed by atoms with Crippen LogP contribution in [0.5, 0.6) is 0 Å². The molecule has 0 radical (unpaired) electrons. The number of sulfonamides is 1. The van der Waals surface area contributed by atoms with Gasteiger partial charge >= 0.3 is 5.97 Å². The monoisotopic (exact) mass is 527 g/mol. The molecule has 2 unspecified atom stereocenters. The van der Waals surface area contributed by atoms with Crippen LogP contribution in [0.15, 0.2) is 42.5 Å². The topological polar surface area (TPSA) is 124 Å². The zero-order valence-electron chi connectivity index (χ0n) is 19.2. The summed E-state index contributed by atoms with van der Waals surface area (Å²) in [5.41, 5.74) is -0.196. The highest BCUT2D eigenvalue weighted by Crippen LogP contribution is 2.25. The normalized spacial score (nSPS) is 17.1. The molecule has 2 aromatic carbocycles. The Morgan fingerprint density at radius 2 is 1.64 bits per heavy atom. The number of hydrogen-bond donors (Lipinski definition) is 2. The highest BCUT2D eigenvalue weighted by Gasteiger charge is 2.46. The Morgan fingerprint density at radius 3 is 2.19 bits per heavy atom. The predicted octanol–water partition coefficient (Wildman–Crippen LogP) is 2.26. The maximum absolute atomic E-state index is 13.7. The summed E-state index contributed by atoms with van der Waals surface area (Å²) in [7, 11) is -4.03. The highest BCUT2D eigenvalue weighted by atomic mass is 32.2. The van der Waals surface area contributed by atoms with Crippen LogP contribution >= 0.6 is 0 Å². The van der Waals surface area contributed by atoms with Crippen LogP contribution < -0.4 is 5.32 Å². The Bertz CT molecular complexity index is 1240. The molecule has 0 saturated carbocycles. The minimum Gasteiger partial charge on any atom is -0.481 e. The quantitative estimate of drug-likeness (QED) is 0.516. The molecule has 36 heavy (non-hydrogen) atoms. The summed E-state index contributed by atoms with van der Waals surface area (Å²) >= 11 is 0. The van der Waals surface area contributed by atoms with Gasteiger partial charge in [0.15, 0.2) is 6.17 Å². The standard InChI is InChI=1S/C23H24F3N3O6S/c1-2-9-36(34,35)29-8-7-28(23(33)15-10-17(25)12-18(26)11-15)22(29)21(32)27-19(13-20(30)31)14-3-5-16(24)6-4-14/h3-6,10-12,19,22H,2,7-9,13H2,1H3,(H,27,32)(H,30,31). The fourth-order valence-electron chi connectivity index (χ4n) is 3.97. The third-order valence-corrected chi connectivity index (χ3v) is 7.54. The first-order chi connectivity index (χ1) is 16.9. The number of aliphatic carboxylic acids is 1. The predicted molar refractivity (Wildman–Crippen MR) is 122 cm³/mol. The number of carboxylic acids is 1. The summed E-state index contributed by atoms with van der Waals surface area (Å²) in [6, 6.07) is 5.56. The fourth-order valence-corrected chi connectivity index (χ4v) is 5.59. The molecule has 2 atom stereocenters. The lowest BCUT2D eigenvalue weighted by Gasteiger charge is -2.30. The number of hydrogen-bond acceptors (Lipinski definition) is 5. The lowest BCUT2D eigenvalue weighted by molar-refractivity contribution is -0.138. The van der Waals surface area contributed by atoms with Crippen LogP contribution in [-0.4, -0.2) is 65.5 Å². The lowest BCUT2D eigenvalue weighted by atomic mass is 10.0. The Balaban J connectivity index is 1.99. The first-order valence-electron chi connectivity index (χ1n) is 11.0. The minimum absolute atomic E-state index is 0.216. The molecule has 1 fully saturated rings. The Kier molecular flexibility index (Phi) is 8.35. The smallest absolute Gasteiger partial charge is 0.305 e. The third kappa shape index (κ3) is 6.21. The van der Waals surface area contributed by atoms with Gasteiger partial charge in [-0.25, -0.2) is 21.6 Å². The van der Waals surface area contributed by atoms with E-state index < -0.39 is 69.5 Å². The molecule has 0 aliphatic carbocycles. The largest absolute Gasteiger partial charge is 0.481 e. The van der Waals surface area contributed by atoms with Crippen LogP contribution in [-0.2, 0) is 19.6 Å². The fraction of sp³-hybridized carbons (Fsp3) is 0.348. The van der Waals surface area contributed by atoms with Crippen molar-refractivity contribution < 1.29 is 41.1 Å². The number of halogens is 3. The summed E-state index contributed by atoms with van der Waals surface area (Å²) in [6.07, 6.45) is -2.14. The van der Waals surface area contributed by atoms with Gasteiger partial charge in [-0.3, -0.25) is 14.4 Å². The van der Waals surface area contributed by atoms with Gasteiger partial charge in [-0.1, -0.05) is 19.1 Å². The maximum atomic E-state index is 13.7. The van der Waals surface area contributed by atoms with Crippen molar-refractivity contribution in [1.82, 2.24) is 14.5 Å². The number of nitrogens with zero attached hydrogens (tertiary/aromatic N) is 2. The van der Waals surface area contributed by atoms with Gasteiger partial charge < -0.3 is 15.3 Å². The Hall–Kier alpha value is -3.45. The molecule has 2 N–H and O–H groups in total. The second-order valence-electron chi connectivity index (χ2n) is 8.17. The number of carbonyl (C=O) groups is 3. The number of nitrogens with one attached hydrogen (secondary N) is 1. The van der Waals surface area contributed by atoms with Gasteiger partial charge in [0.05, 0.1) is 18.2 Å². The van der Waals surface area contributed by atoms with Crippen LogP contribution in [0.3, 0.4) is 0 Å². The molecule has 0 bridgehead atoms. The van der Waals surface area contributed by atoms with Gasteiger partial charge in [0, 0.05) is 24.7 Å². The van der Waals surface area contributed by atoms with Crippen molar-refractivity contribution in [2.75, 3.05) is 18.8 Å². The Morgan fingerprint density at radius 1 is 1.03 bits per heavy atom. The highest BCUT2D eigenvalue weighted by molar-refractivity contribution is 7.89. The molecule has 194 valence electrons. The lowest BCUT2D eigenvalue weighted by Crippen LogP contribution is -2.54. The van der Waals surface area contributed by atoms with Crippen molar-refractivity contribution in [3.8, 4) is 0 Å². The van der Waals surface area contributed by atoms with Crippen LogP contribution in [0, 0.1) is 17.5 Å². The van der Waals surface area contributed by atoms with E-state index in [1.165, 1.54) is 12.1 Å². The van der Waals surface area contributed by atoms with Gasteiger partial charge in [0.1, 0.15) is 17.5 Å². The van der Waals surface area contributed by atoms with E-state index in [1.54, 1.807) is 6.92 Å². The molecule has 3 rings (SSSR count). The maximum Gasteiger partial charge on any atom is 0.305 e. The van der Waals surface area contributed by atoms with Crippen LogP contribution in [0.2, 0.25) is 0 Å². The summed E-state index contributed by atoms with van der Waals surface area (Å²) in [5, 5.41) is 11.7. The second-order valence-corrected chi connectivity index (χ2v) is 10.2. The van der Waals surface area contributed by atoms with Crippen molar-refractivity contribution >= 4 is 27.8 Å². The molecule has 1 heterocycles. The molecule has 9 nitrogen and oxygen atoms in total. The van der Waals surface area contributed by atoms with Crippen LogP contribution in [0.1, 0.15) is 41.7 Å². The summed E-state index contributed by atoms with van der Waals surface area (Å²) in [5.74, 6) is -6.30. The van der Waals surface area contributed by atoms with Gasteiger partial charge in [0.2, 0.25) is 10.0 Å². The average Bonchev–Trinajstić information content (AvgIpc) is 3.24. The zero-order chi connectivity index (χ0) is 26.6. The number of rotatable bonds is 9. The number of benzene rings is 2. The van der Waals surface area contributed by atoms with E-state index in [9.17, 15) is 41.1 Å². The van der Waals surface area contributed by atoms with Crippen molar-refractivity contribution in [1.29, 1.82) is 0 Å². The molecular weight excluding hydrogens is 503 g/mol. The first kappa shape index (κ1) is 27.1. The minimum atomic E-state index is -4.03. The molecule has 0 aromatic heterocycles. The second kappa shape index (κ2) is 11.1. The molecule has 0 spiro atoms. The third-order valence-electron chi connectivity index (χ3n) is 5.52. The first-order valence-corrected chi connectivity index (χ1v) is 12.6. The van der Waals surface area contributed by atoms with E-state index in [0.29, 0.717) is 6.07 Å². The van der Waals surface area contributed by atoms with E-state index in [-0.39, 0.29) is 30.8 Å². The molecule has 1 saturated heterocycles. The summed E-state index contributed by atoms with van der Waals surface area (Å²) < 4.78 is 67.4. The van der Waals surface area contributed by atoms with Gasteiger partial charge in [-0.15, -0.1) is 0 Å². The molecule has 13 heteroatoms. The van der Waals surface area contributed by atoms with E-state index >= 15 is 0 Å². The summed E-state index contributed by atoms with van der Waals surface area (Å²) in [4.78, 5) is 38.8. The number of carbonyl (C=O) groups excluding carboxylic acids is 2. The van der Waals surface area contributed by atoms with E-state index in [0.717, 1.165) is 33.5 Å². The SMILES string of the molecule is CCCS(=O)(=O)N1CCN(C(=O)c2cc(F)cc(F)c2)C1C(=O)NC(CC(=O)O)c1ccc(F)cc1. The van der Waals surface area contributed by atoms with Crippen molar-refractivity contribution in [3.63, 3.8) is 0 Å².